The number of carbonyl (C=O) groups is 1. The highest BCUT2D eigenvalue weighted by molar-refractivity contribution is 6.04. The fraction of sp³-hybridized carbons (Fsp3) is 0.111. The van der Waals surface area contributed by atoms with Gasteiger partial charge in [-0.05, 0) is 42.5 Å². The average Bonchev–Trinajstić information content (AvgIpc) is 3.10. The maximum Gasteiger partial charge on any atom is 0.255 e. The maximum atomic E-state index is 12.4. The molecule has 23 heavy (non-hydrogen) atoms. The summed E-state index contributed by atoms with van der Waals surface area (Å²) < 4.78 is 1.75. The maximum absolute atomic E-state index is 12.4. The molecule has 0 aliphatic rings. The quantitative estimate of drug-likeness (QED) is 0.805. The van der Waals surface area contributed by atoms with Gasteiger partial charge in [0.05, 0.1) is 5.69 Å². The van der Waals surface area contributed by atoms with Crippen molar-refractivity contribution in [1.82, 2.24) is 9.78 Å². The Morgan fingerprint density at radius 3 is 2.65 bits per heavy atom. The second kappa shape index (κ2) is 6.36. The van der Waals surface area contributed by atoms with Gasteiger partial charge in [0.15, 0.2) is 0 Å². The molecule has 0 radical (unpaired) electrons. The molecule has 5 heteroatoms. The Morgan fingerprint density at radius 2 is 1.91 bits per heavy atom. The zero-order chi connectivity index (χ0) is 16.2. The van der Waals surface area contributed by atoms with Gasteiger partial charge in [0.1, 0.15) is 0 Å². The van der Waals surface area contributed by atoms with Crippen molar-refractivity contribution in [3.8, 4) is 5.69 Å². The van der Waals surface area contributed by atoms with E-state index in [2.05, 4.69) is 10.4 Å². The number of hydrogen-bond donors (Lipinski definition) is 1. The lowest BCUT2D eigenvalue weighted by Gasteiger charge is -2.13. The van der Waals surface area contributed by atoms with Crippen molar-refractivity contribution in [1.29, 1.82) is 0 Å². The molecule has 0 unspecified atom stereocenters. The first-order chi connectivity index (χ1) is 11.1. The number of anilines is 2. The smallest absolute Gasteiger partial charge is 0.255 e. The van der Waals surface area contributed by atoms with Gasteiger partial charge in [-0.2, -0.15) is 5.10 Å². The van der Waals surface area contributed by atoms with Crippen LogP contribution in [0.1, 0.15) is 10.4 Å². The van der Waals surface area contributed by atoms with E-state index in [0.717, 1.165) is 17.1 Å². The summed E-state index contributed by atoms with van der Waals surface area (Å²) in [5, 5.41) is 7.12. The summed E-state index contributed by atoms with van der Waals surface area (Å²) in [5.41, 5.74) is 3.25. The van der Waals surface area contributed by atoms with E-state index in [9.17, 15) is 4.79 Å². The van der Waals surface area contributed by atoms with Gasteiger partial charge in [-0.1, -0.05) is 12.1 Å². The molecule has 0 aliphatic carbocycles. The van der Waals surface area contributed by atoms with Crippen molar-refractivity contribution in [2.45, 2.75) is 0 Å². The third-order valence-electron chi connectivity index (χ3n) is 3.50. The Balaban J connectivity index is 1.80. The molecule has 0 saturated heterocycles. The number of amides is 1. The summed E-state index contributed by atoms with van der Waals surface area (Å²) in [6.45, 7) is 0. The van der Waals surface area contributed by atoms with Gasteiger partial charge in [-0.15, -0.1) is 0 Å². The minimum Gasteiger partial charge on any atom is -0.378 e. The van der Waals surface area contributed by atoms with E-state index in [1.807, 2.05) is 73.7 Å². The highest BCUT2D eigenvalue weighted by Crippen LogP contribution is 2.17. The summed E-state index contributed by atoms with van der Waals surface area (Å²) in [5.74, 6) is -0.133. The monoisotopic (exact) mass is 306 g/mol. The molecule has 0 aliphatic heterocycles. The zero-order valence-electron chi connectivity index (χ0n) is 13.1. The average molecular weight is 306 g/mol. The van der Waals surface area contributed by atoms with E-state index in [1.54, 1.807) is 16.9 Å². The van der Waals surface area contributed by atoms with Crippen molar-refractivity contribution in [3.63, 3.8) is 0 Å². The molecule has 0 bridgehead atoms. The van der Waals surface area contributed by atoms with Crippen molar-refractivity contribution >= 4 is 17.3 Å². The summed E-state index contributed by atoms with van der Waals surface area (Å²) in [6, 6.07) is 17.0. The number of aromatic nitrogens is 2. The van der Waals surface area contributed by atoms with Gasteiger partial charge in [0.25, 0.3) is 5.91 Å². The molecule has 1 amide bonds. The van der Waals surface area contributed by atoms with Crippen LogP contribution in [0, 0.1) is 0 Å². The molecule has 1 heterocycles. The van der Waals surface area contributed by atoms with Crippen LogP contribution in [0.4, 0.5) is 11.4 Å². The van der Waals surface area contributed by atoms with Crippen LogP contribution in [-0.4, -0.2) is 29.8 Å². The van der Waals surface area contributed by atoms with Gasteiger partial charge in [-0.3, -0.25) is 4.79 Å². The normalized spacial score (nSPS) is 10.3. The van der Waals surface area contributed by atoms with Gasteiger partial charge in [-0.25, -0.2) is 4.68 Å². The SMILES string of the molecule is CN(C)c1cccc(C(=O)Nc2cccc(-n3cccn3)c2)c1. The van der Waals surface area contributed by atoms with Gasteiger partial charge >= 0.3 is 0 Å². The Kier molecular flexibility index (Phi) is 4.10. The van der Waals surface area contributed by atoms with Gasteiger partial charge in [0, 0.05) is 43.4 Å². The fourth-order valence-electron chi connectivity index (χ4n) is 2.28. The topological polar surface area (TPSA) is 50.2 Å². The van der Waals surface area contributed by atoms with Crippen LogP contribution < -0.4 is 10.2 Å². The summed E-state index contributed by atoms with van der Waals surface area (Å²) in [6.07, 6.45) is 3.58. The van der Waals surface area contributed by atoms with E-state index in [4.69, 9.17) is 0 Å². The first-order valence-corrected chi connectivity index (χ1v) is 7.32. The molecular formula is C18H18N4O. The molecule has 116 valence electrons. The largest absolute Gasteiger partial charge is 0.378 e. The molecule has 3 aromatic rings. The van der Waals surface area contributed by atoms with Crippen LogP contribution in [0.15, 0.2) is 67.0 Å². The van der Waals surface area contributed by atoms with Gasteiger partial charge in [0.2, 0.25) is 0 Å². The highest BCUT2D eigenvalue weighted by atomic mass is 16.1. The first kappa shape index (κ1) is 14.8. The standard InChI is InChI=1S/C18H18N4O/c1-21(2)16-8-3-6-14(12-16)18(23)20-15-7-4-9-17(13-15)22-11-5-10-19-22/h3-13H,1-2H3,(H,20,23). The Bertz CT molecular complexity index is 809. The second-order valence-corrected chi connectivity index (χ2v) is 5.40. The van der Waals surface area contributed by atoms with Crippen LogP contribution in [-0.2, 0) is 0 Å². The lowest BCUT2D eigenvalue weighted by molar-refractivity contribution is 0.102. The molecule has 0 fully saturated rings. The number of benzene rings is 2. The zero-order valence-corrected chi connectivity index (χ0v) is 13.1. The first-order valence-electron chi connectivity index (χ1n) is 7.32. The lowest BCUT2D eigenvalue weighted by atomic mass is 10.1. The van der Waals surface area contributed by atoms with E-state index < -0.39 is 0 Å². The Hall–Kier alpha value is -3.08. The fourth-order valence-corrected chi connectivity index (χ4v) is 2.28. The minimum atomic E-state index is -0.133. The minimum absolute atomic E-state index is 0.133. The van der Waals surface area contributed by atoms with E-state index in [-0.39, 0.29) is 5.91 Å². The molecule has 0 atom stereocenters. The molecule has 5 nitrogen and oxygen atoms in total. The van der Waals surface area contributed by atoms with Crippen molar-refractivity contribution < 1.29 is 4.79 Å². The van der Waals surface area contributed by atoms with Crippen LogP contribution in [0.5, 0.6) is 0 Å². The number of nitrogens with one attached hydrogen (secondary N) is 1. The predicted molar refractivity (Wildman–Crippen MR) is 92.3 cm³/mol. The lowest BCUT2D eigenvalue weighted by Crippen LogP contribution is -2.14. The number of carbonyl (C=O) groups excluding carboxylic acids is 1. The Labute approximate surface area is 135 Å². The third-order valence-corrected chi connectivity index (χ3v) is 3.50. The molecule has 0 spiro atoms. The van der Waals surface area contributed by atoms with Crippen molar-refractivity contribution in [2.24, 2.45) is 0 Å². The van der Waals surface area contributed by atoms with Crippen LogP contribution >= 0.6 is 0 Å². The molecular weight excluding hydrogens is 288 g/mol. The Morgan fingerprint density at radius 1 is 1.09 bits per heavy atom. The van der Waals surface area contributed by atoms with Crippen LogP contribution in [0.2, 0.25) is 0 Å². The summed E-state index contributed by atoms with van der Waals surface area (Å²) in [4.78, 5) is 14.4. The van der Waals surface area contributed by atoms with Crippen LogP contribution in [0.3, 0.4) is 0 Å². The van der Waals surface area contributed by atoms with E-state index in [1.165, 1.54) is 0 Å². The van der Waals surface area contributed by atoms with E-state index in [0.29, 0.717) is 5.56 Å². The van der Waals surface area contributed by atoms with E-state index >= 15 is 0 Å². The molecule has 2 aromatic carbocycles. The summed E-state index contributed by atoms with van der Waals surface area (Å²) >= 11 is 0. The molecule has 3 rings (SSSR count). The second-order valence-electron chi connectivity index (χ2n) is 5.40. The van der Waals surface area contributed by atoms with Crippen molar-refractivity contribution in [3.05, 3.63) is 72.6 Å². The molecule has 1 aromatic heterocycles. The highest BCUT2D eigenvalue weighted by Gasteiger charge is 2.08. The predicted octanol–water partition coefficient (Wildman–Crippen LogP) is 3.19. The van der Waals surface area contributed by atoms with Gasteiger partial charge < -0.3 is 10.2 Å². The molecule has 1 N–H and O–H groups in total. The number of rotatable bonds is 4. The third kappa shape index (κ3) is 3.40. The van der Waals surface area contributed by atoms with Crippen molar-refractivity contribution in [2.75, 3.05) is 24.3 Å². The number of hydrogen-bond acceptors (Lipinski definition) is 3. The molecule has 0 saturated carbocycles. The van der Waals surface area contributed by atoms with Crippen LogP contribution in [0.25, 0.3) is 5.69 Å². The summed E-state index contributed by atoms with van der Waals surface area (Å²) in [7, 11) is 3.90. The number of nitrogens with zero attached hydrogens (tertiary/aromatic N) is 3.